The molecule has 3 aromatic rings. The van der Waals surface area contributed by atoms with Crippen molar-refractivity contribution in [3.05, 3.63) is 76.3 Å². The van der Waals surface area contributed by atoms with E-state index >= 15 is 0 Å². The number of aryl methyl sites for hydroxylation is 1. The molecule has 3 rings (SSSR count). The summed E-state index contributed by atoms with van der Waals surface area (Å²) in [5, 5.41) is 14.6. The Bertz CT molecular complexity index is 924. The van der Waals surface area contributed by atoms with E-state index in [-0.39, 0.29) is 5.91 Å². The Morgan fingerprint density at radius 3 is 2.88 bits per heavy atom. The van der Waals surface area contributed by atoms with Gasteiger partial charge in [0.25, 0.3) is 5.91 Å². The van der Waals surface area contributed by atoms with Gasteiger partial charge in [-0.05, 0) is 30.7 Å². The summed E-state index contributed by atoms with van der Waals surface area (Å²) in [6.07, 6.45) is 0. The van der Waals surface area contributed by atoms with Crippen molar-refractivity contribution in [2.45, 2.75) is 13.5 Å². The average molecular weight is 333 g/mol. The number of amides is 1. The highest BCUT2D eigenvalue weighted by atomic mass is 32.1. The monoisotopic (exact) mass is 333 g/mol. The zero-order chi connectivity index (χ0) is 16.9. The minimum atomic E-state index is -0.211. The quantitative estimate of drug-likeness (QED) is 0.787. The summed E-state index contributed by atoms with van der Waals surface area (Å²) in [5.74, 6) is -0.211. The van der Waals surface area contributed by atoms with Gasteiger partial charge in [0.2, 0.25) is 0 Å². The second-order valence-corrected chi connectivity index (χ2v) is 6.19. The van der Waals surface area contributed by atoms with Crippen LogP contribution < -0.4 is 5.32 Å². The number of hydrogen-bond donors (Lipinski definition) is 1. The number of hydrogen-bond acceptors (Lipinski definition) is 4. The predicted octanol–water partition coefficient (Wildman–Crippen LogP) is 3.92. The third-order valence-corrected chi connectivity index (χ3v) is 4.54. The molecule has 1 heterocycles. The van der Waals surface area contributed by atoms with Crippen molar-refractivity contribution in [1.82, 2.24) is 10.3 Å². The number of thiazole rings is 1. The van der Waals surface area contributed by atoms with Crippen LogP contribution in [0, 0.1) is 18.3 Å². The maximum atomic E-state index is 12.2. The Morgan fingerprint density at radius 2 is 2.08 bits per heavy atom. The molecule has 0 aliphatic rings. The van der Waals surface area contributed by atoms with E-state index in [2.05, 4.69) is 23.3 Å². The topological polar surface area (TPSA) is 65.8 Å². The lowest BCUT2D eigenvalue weighted by molar-refractivity contribution is 0.0950. The molecule has 1 aromatic heterocycles. The molecule has 0 saturated carbocycles. The van der Waals surface area contributed by atoms with E-state index in [1.54, 1.807) is 35.6 Å². The fraction of sp³-hybridized carbons (Fsp3) is 0.105. The van der Waals surface area contributed by atoms with E-state index in [0.717, 1.165) is 16.3 Å². The second-order valence-electron chi connectivity index (χ2n) is 5.33. The van der Waals surface area contributed by atoms with Crippen LogP contribution in [0.25, 0.3) is 10.6 Å². The lowest BCUT2D eigenvalue weighted by Gasteiger charge is -2.04. The number of carbonyl (C=O) groups is 1. The molecule has 0 fully saturated rings. The van der Waals surface area contributed by atoms with Crippen molar-refractivity contribution in [2.75, 3.05) is 0 Å². The van der Waals surface area contributed by atoms with Crippen molar-refractivity contribution in [2.24, 2.45) is 0 Å². The van der Waals surface area contributed by atoms with E-state index in [0.29, 0.717) is 17.7 Å². The lowest BCUT2D eigenvalue weighted by atomic mass is 10.1. The molecular weight excluding hydrogens is 318 g/mol. The largest absolute Gasteiger partial charge is 0.346 e. The highest BCUT2D eigenvalue weighted by Crippen LogP contribution is 2.26. The Balaban J connectivity index is 1.68. The van der Waals surface area contributed by atoms with Crippen LogP contribution in [0.15, 0.2) is 53.9 Å². The molecule has 0 aliphatic heterocycles. The summed E-state index contributed by atoms with van der Waals surface area (Å²) in [4.78, 5) is 16.8. The van der Waals surface area contributed by atoms with Gasteiger partial charge in [0.1, 0.15) is 5.01 Å². The molecule has 0 aliphatic carbocycles. The molecule has 24 heavy (non-hydrogen) atoms. The molecular formula is C19H15N3OS. The summed E-state index contributed by atoms with van der Waals surface area (Å²) >= 11 is 1.56. The van der Waals surface area contributed by atoms with Crippen LogP contribution in [0.4, 0.5) is 0 Å². The van der Waals surface area contributed by atoms with Gasteiger partial charge < -0.3 is 5.32 Å². The van der Waals surface area contributed by atoms with Gasteiger partial charge in [-0.2, -0.15) is 5.26 Å². The lowest BCUT2D eigenvalue weighted by Crippen LogP contribution is -2.22. The van der Waals surface area contributed by atoms with Gasteiger partial charge in [-0.15, -0.1) is 11.3 Å². The summed E-state index contributed by atoms with van der Waals surface area (Å²) in [6.45, 7) is 2.42. The van der Waals surface area contributed by atoms with Crippen LogP contribution in [0.1, 0.15) is 27.2 Å². The average Bonchev–Trinajstić information content (AvgIpc) is 3.09. The number of rotatable bonds is 4. The number of nitriles is 1. The summed E-state index contributed by atoms with van der Waals surface area (Å²) in [6, 6.07) is 16.8. The summed E-state index contributed by atoms with van der Waals surface area (Å²) in [5.41, 5.74) is 4.06. The van der Waals surface area contributed by atoms with Crippen LogP contribution in [-0.4, -0.2) is 10.9 Å². The van der Waals surface area contributed by atoms with Gasteiger partial charge in [0.15, 0.2) is 0 Å². The molecule has 1 N–H and O–H groups in total. The van der Waals surface area contributed by atoms with Crippen LogP contribution in [-0.2, 0) is 6.54 Å². The highest BCUT2D eigenvalue weighted by Gasteiger charge is 2.09. The Morgan fingerprint density at radius 1 is 1.25 bits per heavy atom. The van der Waals surface area contributed by atoms with Gasteiger partial charge in [-0.25, -0.2) is 4.98 Å². The highest BCUT2D eigenvalue weighted by molar-refractivity contribution is 7.13. The minimum Gasteiger partial charge on any atom is -0.346 e. The van der Waals surface area contributed by atoms with Crippen LogP contribution in [0.2, 0.25) is 0 Å². The number of benzene rings is 2. The fourth-order valence-electron chi connectivity index (χ4n) is 2.33. The summed E-state index contributed by atoms with van der Waals surface area (Å²) in [7, 11) is 0. The molecule has 0 bridgehead atoms. The van der Waals surface area contributed by atoms with Crippen molar-refractivity contribution < 1.29 is 4.79 Å². The van der Waals surface area contributed by atoms with Crippen LogP contribution >= 0.6 is 11.3 Å². The van der Waals surface area contributed by atoms with Crippen molar-refractivity contribution in [3.63, 3.8) is 0 Å². The van der Waals surface area contributed by atoms with Crippen molar-refractivity contribution >= 4 is 17.2 Å². The first-order chi connectivity index (χ1) is 11.7. The fourth-order valence-corrected chi connectivity index (χ4v) is 3.24. The van der Waals surface area contributed by atoms with Gasteiger partial charge in [-0.3, -0.25) is 4.79 Å². The first kappa shape index (κ1) is 15.9. The Labute approximate surface area is 144 Å². The van der Waals surface area contributed by atoms with E-state index < -0.39 is 0 Å². The first-order valence-corrected chi connectivity index (χ1v) is 8.34. The van der Waals surface area contributed by atoms with Gasteiger partial charge in [0.05, 0.1) is 23.9 Å². The SMILES string of the molecule is Cc1ccccc1-c1nc(CNC(=O)c2cccc(C#N)c2)cs1. The molecule has 0 spiro atoms. The Kier molecular flexibility index (Phi) is 4.69. The number of nitrogens with zero attached hydrogens (tertiary/aromatic N) is 2. The third kappa shape index (κ3) is 3.50. The van der Waals surface area contributed by atoms with Crippen LogP contribution in [0.3, 0.4) is 0 Å². The molecule has 2 aromatic carbocycles. The zero-order valence-electron chi connectivity index (χ0n) is 13.1. The maximum absolute atomic E-state index is 12.2. The summed E-state index contributed by atoms with van der Waals surface area (Å²) < 4.78 is 0. The van der Waals surface area contributed by atoms with Crippen molar-refractivity contribution in [1.29, 1.82) is 5.26 Å². The molecule has 5 heteroatoms. The number of carbonyl (C=O) groups excluding carboxylic acids is 1. The number of aromatic nitrogens is 1. The van der Waals surface area contributed by atoms with Gasteiger partial charge >= 0.3 is 0 Å². The van der Waals surface area contributed by atoms with E-state index in [1.807, 2.05) is 29.6 Å². The normalized spacial score (nSPS) is 10.2. The Hall–Kier alpha value is -2.97. The standard InChI is InChI=1S/C19H15N3OS/c1-13-5-2-3-8-17(13)19-22-16(12-24-19)11-21-18(23)15-7-4-6-14(9-15)10-20/h2-9,12H,11H2,1H3,(H,21,23). The minimum absolute atomic E-state index is 0.211. The molecule has 0 unspecified atom stereocenters. The predicted molar refractivity (Wildman–Crippen MR) is 94.6 cm³/mol. The first-order valence-electron chi connectivity index (χ1n) is 7.46. The molecule has 4 nitrogen and oxygen atoms in total. The van der Waals surface area contributed by atoms with E-state index in [4.69, 9.17) is 5.26 Å². The van der Waals surface area contributed by atoms with E-state index in [9.17, 15) is 4.79 Å². The molecule has 0 radical (unpaired) electrons. The van der Waals surface area contributed by atoms with Gasteiger partial charge in [-0.1, -0.05) is 30.3 Å². The zero-order valence-corrected chi connectivity index (χ0v) is 13.9. The van der Waals surface area contributed by atoms with Gasteiger partial charge in [0, 0.05) is 16.5 Å². The maximum Gasteiger partial charge on any atom is 0.251 e. The molecule has 0 saturated heterocycles. The van der Waals surface area contributed by atoms with Crippen LogP contribution in [0.5, 0.6) is 0 Å². The number of nitrogens with one attached hydrogen (secondary N) is 1. The molecule has 1 amide bonds. The smallest absolute Gasteiger partial charge is 0.251 e. The third-order valence-electron chi connectivity index (χ3n) is 3.61. The molecule has 118 valence electrons. The second kappa shape index (κ2) is 7.07. The van der Waals surface area contributed by atoms with E-state index in [1.165, 1.54) is 5.56 Å². The molecule has 0 atom stereocenters. The van der Waals surface area contributed by atoms with Crippen molar-refractivity contribution in [3.8, 4) is 16.6 Å².